The number of amidine groups is 2. The Morgan fingerprint density at radius 1 is 0.643 bits per heavy atom. The second kappa shape index (κ2) is 13.7. The van der Waals surface area contributed by atoms with Gasteiger partial charge >= 0.3 is 0 Å². The first kappa shape index (κ1) is 33.0. The number of fused-ring (bicyclic) bond motifs is 6. The first-order valence-corrected chi connectivity index (χ1v) is 20.5. The molecule has 3 atom stereocenters. The van der Waals surface area contributed by atoms with Crippen molar-refractivity contribution in [1.29, 1.82) is 0 Å². The molecule has 0 saturated heterocycles. The lowest BCUT2D eigenvalue weighted by atomic mass is 9.85. The van der Waals surface area contributed by atoms with Gasteiger partial charge in [0.15, 0.2) is 5.84 Å². The Morgan fingerprint density at radius 3 is 2.25 bits per heavy atom. The molecule has 11 rings (SSSR count). The van der Waals surface area contributed by atoms with E-state index in [9.17, 15) is 0 Å². The predicted octanol–water partition coefficient (Wildman–Crippen LogP) is 12.1. The molecule has 7 aromatic rings. The molecule has 0 saturated carbocycles. The van der Waals surface area contributed by atoms with E-state index in [1.807, 2.05) is 17.4 Å². The van der Waals surface area contributed by atoms with E-state index in [1.54, 1.807) is 0 Å². The maximum atomic E-state index is 5.37. The number of rotatable bonds is 6. The molecule has 4 heterocycles. The molecule has 2 aliphatic heterocycles. The zero-order valence-corrected chi connectivity index (χ0v) is 31.7. The van der Waals surface area contributed by atoms with Crippen LogP contribution in [0.25, 0.3) is 47.7 Å². The molecule has 270 valence electrons. The van der Waals surface area contributed by atoms with Crippen LogP contribution < -0.4 is 5.32 Å². The molecule has 5 aromatic carbocycles. The second-order valence-corrected chi connectivity index (χ2v) is 16.1. The molecular formula is C50H39N5S. The topological polar surface area (TPSA) is 54.0 Å². The van der Waals surface area contributed by atoms with Crippen molar-refractivity contribution in [2.45, 2.75) is 37.9 Å². The standard InChI is InChI=1S/C50H39N5S/c1-5-15-32(16-6-1)36-27-42(50-53-48(33-17-7-2-8-18-33)52-49(54-50)34-19-9-3-10-20-34)47(51-31-36)35-25-26-39-41-29-40-38-23-13-14-24-43(38)55(37-21-11-4-12-22-37)44(40)30-46(41)56-45(39)28-35/h2,4-5,7-9,11-31,42,47,49H,1,3,6,10H2,(H,52,53,54). The minimum absolute atomic E-state index is 0.123. The number of aromatic nitrogens is 1. The van der Waals surface area contributed by atoms with Crippen LogP contribution in [-0.4, -0.2) is 28.6 Å². The molecule has 5 nitrogen and oxygen atoms in total. The van der Waals surface area contributed by atoms with Crippen LogP contribution in [0.5, 0.6) is 0 Å². The van der Waals surface area contributed by atoms with Crippen molar-refractivity contribution in [3.63, 3.8) is 0 Å². The highest BCUT2D eigenvalue weighted by atomic mass is 32.1. The lowest BCUT2D eigenvalue weighted by molar-refractivity contribution is 0.602. The summed E-state index contributed by atoms with van der Waals surface area (Å²) in [5.41, 5.74) is 9.38. The Balaban J connectivity index is 1.04. The molecular weight excluding hydrogens is 703 g/mol. The fraction of sp³-hybridized carbons (Fsp3) is 0.140. The number of hydrogen-bond donors (Lipinski definition) is 1. The van der Waals surface area contributed by atoms with Gasteiger partial charge in [0.2, 0.25) is 0 Å². The van der Waals surface area contributed by atoms with E-state index in [0.717, 1.165) is 48.5 Å². The fourth-order valence-electron chi connectivity index (χ4n) is 8.76. The van der Waals surface area contributed by atoms with Gasteiger partial charge < -0.3 is 9.88 Å². The van der Waals surface area contributed by atoms with Gasteiger partial charge in [0, 0.05) is 48.4 Å². The van der Waals surface area contributed by atoms with Crippen molar-refractivity contribution in [3.05, 3.63) is 186 Å². The molecule has 0 amide bonds. The normalized spacial score (nSPS) is 20.9. The molecule has 3 unspecified atom stereocenters. The van der Waals surface area contributed by atoms with Crippen LogP contribution in [0.4, 0.5) is 0 Å². The number of thiophene rings is 1. The number of nitrogens with one attached hydrogen (secondary N) is 1. The third kappa shape index (κ3) is 5.71. The van der Waals surface area contributed by atoms with Crippen molar-refractivity contribution in [1.82, 2.24) is 9.88 Å². The summed E-state index contributed by atoms with van der Waals surface area (Å²) in [6, 6.07) is 41.5. The first-order valence-electron chi connectivity index (χ1n) is 19.7. The average Bonchev–Trinajstić information content (AvgIpc) is 3.80. The summed E-state index contributed by atoms with van der Waals surface area (Å²) in [6.45, 7) is 0. The molecule has 0 bridgehead atoms. The van der Waals surface area contributed by atoms with Crippen molar-refractivity contribution in [3.8, 4) is 5.69 Å². The maximum Gasteiger partial charge on any atom is 0.159 e. The molecule has 2 aliphatic carbocycles. The van der Waals surface area contributed by atoms with Gasteiger partial charge in [-0.15, -0.1) is 11.3 Å². The number of benzene rings is 5. The van der Waals surface area contributed by atoms with Gasteiger partial charge in [0.1, 0.15) is 12.0 Å². The Bertz CT molecular complexity index is 2950. The minimum atomic E-state index is -0.223. The summed E-state index contributed by atoms with van der Waals surface area (Å²) in [5.74, 6) is 1.53. The quantitative estimate of drug-likeness (QED) is 0.181. The summed E-state index contributed by atoms with van der Waals surface area (Å²) in [4.78, 5) is 15.8. The average molecular weight is 742 g/mol. The molecule has 0 fully saturated rings. The van der Waals surface area contributed by atoms with Crippen molar-refractivity contribution in [2.24, 2.45) is 20.9 Å². The zero-order chi connectivity index (χ0) is 37.0. The first-order chi connectivity index (χ1) is 27.7. The Morgan fingerprint density at radius 2 is 1.43 bits per heavy atom. The van der Waals surface area contributed by atoms with Gasteiger partial charge in [-0.1, -0.05) is 121 Å². The van der Waals surface area contributed by atoms with Crippen LogP contribution in [0.3, 0.4) is 0 Å². The summed E-state index contributed by atoms with van der Waals surface area (Å²) >= 11 is 1.87. The van der Waals surface area contributed by atoms with E-state index >= 15 is 0 Å². The third-order valence-corrected chi connectivity index (χ3v) is 12.6. The number of allylic oxidation sites excluding steroid dienone is 7. The highest BCUT2D eigenvalue weighted by Crippen LogP contribution is 2.43. The number of hydrogen-bond acceptors (Lipinski definition) is 5. The van der Waals surface area contributed by atoms with Crippen molar-refractivity contribution < 1.29 is 0 Å². The SMILES string of the molecule is C1=CC(C2=CC(C3=NC(c4ccccc4)=NC(C4=CCCC=C4)N3)C(c3ccc4c(c3)sc3cc5c(cc34)c3ccccc3n5-c3ccccc3)N=C2)=CCC1. The van der Waals surface area contributed by atoms with Crippen molar-refractivity contribution in [2.75, 3.05) is 0 Å². The summed E-state index contributed by atoms with van der Waals surface area (Å²) in [6.07, 6.45) is 22.0. The third-order valence-electron chi connectivity index (χ3n) is 11.5. The smallest absolute Gasteiger partial charge is 0.159 e. The second-order valence-electron chi connectivity index (χ2n) is 15.0. The lowest BCUT2D eigenvalue weighted by Crippen LogP contribution is -2.44. The molecule has 4 aliphatic rings. The van der Waals surface area contributed by atoms with Crippen LogP contribution in [-0.2, 0) is 0 Å². The van der Waals surface area contributed by atoms with Gasteiger partial charge in [-0.25, -0.2) is 9.98 Å². The molecule has 6 heteroatoms. The number of nitrogens with zero attached hydrogens (tertiary/aromatic N) is 4. The van der Waals surface area contributed by atoms with Crippen molar-refractivity contribution >= 4 is 71.2 Å². The van der Waals surface area contributed by atoms with E-state index in [1.165, 1.54) is 64.4 Å². The largest absolute Gasteiger partial charge is 0.348 e. The van der Waals surface area contributed by atoms with Crippen LogP contribution >= 0.6 is 11.3 Å². The predicted molar refractivity (Wildman–Crippen MR) is 237 cm³/mol. The molecule has 0 spiro atoms. The molecule has 1 N–H and O–H groups in total. The van der Waals surface area contributed by atoms with Gasteiger partial charge in [0.25, 0.3) is 0 Å². The minimum Gasteiger partial charge on any atom is -0.348 e. The zero-order valence-electron chi connectivity index (χ0n) is 30.8. The maximum absolute atomic E-state index is 5.37. The Labute approximate surface area is 329 Å². The molecule has 2 aromatic heterocycles. The fourth-order valence-corrected chi connectivity index (χ4v) is 9.93. The lowest BCUT2D eigenvalue weighted by Gasteiger charge is -2.32. The van der Waals surface area contributed by atoms with Gasteiger partial charge in [-0.05, 0) is 84.4 Å². The number of dihydropyridines is 1. The highest BCUT2D eigenvalue weighted by Gasteiger charge is 2.33. The monoisotopic (exact) mass is 741 g/mol. The van der Waals surface area contributed by atoms with E-state index in [4.69, 9.17) is 15.0 Å². The summed E-state index contributed by atoms with van der Waals surface area (Å²) in [7, 11) is 0. The van der Waals surface area contributed by atoms with E-state index < -0.39 is 0 Å². The number of para-hydroxylation sites is 2. The molecule has 56 heavy (non-hydrogen) atoms. The van der Waals surface area contributed by atoms with E-state index in [0.29, 0.717) is 0 Å². The number of aliphatic imine (C=N–C) groups is 3. The van der Waals surface area contributed by atoms with Gasteiger partial charge in [-0.3, -0.25) is 4.99 Å². The molecule has 0 radical (unpaired) electrons. The van der Waals surface area contributed by atoms with E-state index in [2.05, 4.69) is 168 Å². The van der Waals surface area contributed by atoms with Crippen LogP contribution in [0.1, 0.15) is 42.9 Å². The van der Waals surface area contributed by atoms with Gasteiger partial charge in [0.05, 0.1) is 23.0 Å². The Hall–Kier alpha value is -6.37. The van der Waals surface area contributed by atoms with Crippen LogP contribution in [0.2, 0.25) is 0 Å². The van der Waals surface area contributed by atoms with Crippen LogP contribution in [0, 0.1) is 5.92 Å². The summed E-state index contributed by atoms with van der Waals surface area (Å²) < 4.78 is 4.95. The Kier molecular flexibility index (Phi) is 8.09. The highest BCUT2D eigenvalue weighted by molar-refractivity contribution is 7.25. The van der Waals surface area contributed by atoms with Gasteiger partial charge in [-0.2, -0.15) is 0 Å². The summed E-state index contributed by atoms with van der Waals surface area (Å²) in [5, 5.41) is 8.92. The van der Waals surface area contributed by atoms with E-state index in [-0.39, 0.29) is 18.1 Å². The van der Waals surface area contributed by atoms with Crippen LogP contribution in [0.15, 0.2) is 189 Å².